The first-order valence-corrected chi connectivity index (χ1v) is 9.88. The zero-order valence-corrected chi connectivity index (χ0v) is 16.4. The van der Waals surface area contributed by atoms with Crippen molar-refractivity contribution in [3.63, 3.8) is 0 Å². The normalized spacial score (nSPS) is 13.1. The second kappa shape index (κ2) is 9.31. The first kappa shape index (κ1) is 20.5. The number of amides is 3. The predicted molar refractivity (Wildman–Crippen MR) is 107 cm³/mol. The van der Waals surface area contributed by atoms with Gasteiger partial charge in [0, 0.05) is 30.8 Å². The first-order chi connectivity index (χ1) is 14.0. The average molecular weight is 399 g/mol. The molecule has 3 amide bonds. The van der Waals surface area contributed by atoms with Gasteiger partial charge in [0.05, 0.1) is 5.39 Å². The van der Waals surface area contributed by atoms with Gasteiger partial charge < -0.3 is 5.32 Å². The molecule has 1 heterocycles. The molecule has 0 aliphatic heterocycles. The number of carbonyl (C=O) groups is 3. The number of nitrogens with one attached hydrogen (secondary N) is 3. The fourth-order valence-corrected chi connectivity index (χ4v) is 2.96. The van der Waals surface area contributed by atoms with E-state index in [-0.39, 0.29) is 35.4 Å². The minimum atomic E-state index is -0.596. The zero-order valence-electron chi connectivity index (χ0n) is 16.4. The van der Waals surface area contributed by atoms with Gasteiger partial charge in [-0.05, 0) is 31.7 Å². The van der Waals surface area contributed by atoms with Crippen LogP contribution in [0.5, 0.6) is 0 Å². The first-order valence-electron chi connectivity index (χ1n) is 9.88. The molecule has 3 N–H and O–H groups in total. The SMILES string of the molecule is CCCn1nc(C(=O)NNC(=O)CCCNC(=O)C2CC2)c2ccccc2c1=O. The van der Waals surface area contributed by atoms with Crippen molar-refractivity contribution < 1.29 is 14.4 Å². The van der Waals surface area contributed by atoms with Crippen LogP contribution >= 0.6 is 0 Å². The van der Waals surface area contributed by atoms with E-state index >= 15 is 0 Å². The van der Waals surface area contributed by atoms with Crippen LogP contribution in [0.15, 0.2) is 29.1 Å². The Balaban J connectivity index is 1.57. The molecule has 29 heavy (non-hydrogen) atoms. The number of hydrogen-bond acceptors (Lipinski definition) is 5. The summed E-state index contributed by atoms with van der Waals surface area (Å²) in [5, 5.41) is 7.80. The van der Waals surface area contributed by atoms with E-state index in [1.54, 1.807) is 24.3 Å². The number of fused-ring (bicyclic) bond motifs is 1. The van der Waals surface area contributed by atoms with Crippen LogP contribution in [0.3, 0.4) is 0 Å². The van der Waals surface area contributed by atoms with Gasteiger partial charge in [0.15, 0.2) is 5.69 Å². The second-order valence-corrected chi connectivity index (χ2v) is 7.09. The Morgan fingerprint density at radius 3 is 2.55 bits per heavy atom. The molecule has 1 fully saturated rings. The summed E-state index contributed by atoms with van der Waals surface area (Å²) >= 11 is 0. The molecule has 1 aliphatic carbocycles. The van der Waals surface area contributed by atoms with Crippen molar-refractivity contribution in [2.75, 3.05) is 6.54 Å². The smallest absolute Gasteiger partial charge is 0.290 e. The Bertz CT molecular complexity index is 980. The van der Waals surface area contributed by atoms with Gasteiger partial charge in [0.1, 0.15) is 0 Å². The molecule has 3 rings (SSSR count). The zero-order chi connectivity index (χ0) is 20.8. The summed E-state index contributed by atoms with van der Waals surface area (Å²) in [6, 6.07) is 6.75. The summed E-state index contributed by atoms with van der Waals surface area (Å²) in [4.78, 5) is 48.5. The highest BCUT2D eigenvalue weighted by Gasteiger charge is 2.29. The van der Waals surface area contributed by atoms with E-state index in [9.17, 15) is 19.2 Å². The lowest BCUT2D eigenvalue weighted by molar-refractivity contribution is -0.123. The Morgan fingerprint density at radius 1 is 1.14 bits per heavy atom. The molecule has 0 atom stereocenters. The molecule has 9 nitrogen and oxygen atoms in total. The molecule has 1 aliphatic rings. The third kappa shape index (κ3) is 5.18. The van der Waals surface area contributed by atoms with Crippen LogP contribution in [0.1, 0.15) is 49.5 Å². The predicted octanol–water partition coefficient (Wildman–Crippen LogP) is 0.874. The number of aryl methyl sites for hydroxylation is 1. The molecule has 9 heteroatoms. The van der Waals surface area contributed by atoms with Crippen LogP contribution in [-0.2, 0) is 16.1 Å². The molecular formula is C20H25N5O4. The summed E-state index contributed by atoms with van der Waals surface area (Å²) < 4.78 is 1.27. The summed E-state index contributed by atoms with van der Waals surface area (Å²) in [7, 11) is 0. The van der Waals surface area contributed by atoms with Crippen LogP contribution in [0.2, 0.25) is 0 Å². The van der Waals surface area contributed by atoms with Crippen LogP contribution < -0.4 is 21.7 Å². The van der Waals surface area contributed by atoms with Gasteiger partial charge in [0.2, 0.25) is 11.8 Å². The van der Waals surface area contributed by atoms with E-state index in [1.807, 2.05) is 6.92 Å². The minimum absolute atomic E-state index is 0.0406. The largest absolute Gasteiger partial charge is 0.356 e. The molecule has 154 valence electrons. The molecule has 1 saturated carbocycles. The van der Waals surface area contributed by atoms with Gasteiger partial charge in [-0.15, -0.1) is 0 Å². The Morgan fingerprint density at radius 2 is 1.86 bits per heavy atom. The van der Waals surface area contributed by atoms with E-state index in [0.717, 1.165) is 12.8 Å². The van der Waals surface area contributed by atoms with Crippen LogP contribution in [-0.4, -0.2) is 34.0 Å². The van der Waals surface area contributed by atoms with Gasteiger partial charge in [-0.1, -0.05) is 25.1 Å². The van der Waals surface area contributed by atoms with Crippen molar-refractivity contribution in [3.8, 4) is 0 Å². The number of benzene rings is 1. The van der Waals surface area contributed by atoms with Gasteiger partial charge >= 0.3 is 0 Å². The lowest BCUT2D eigenvalue weighted by atomic mass is 10.1. The van der Waals surface area contributed by atoms with Gasteiger partial charge in [0.25, 0.3) is 11.5 Å². The topological polar surface area (TPSA) is 122 Å². The number of nitrogens with zero attached hydrogens (tertiary/aromatic N) is 2. The van der Waals surface area contributed by atoms with Crippen molar-refractivity contribution in [1.29, 1.82) is 0 Å². The van der Waals surface area contributed by atoms with E-state index < -0.39 is 5.91 Å². The lowest BCUT2D eigenvalue weighted by Crippen LogP contribution is -2.43. The molecular weight excluding hydrogens is 374 g/mol. The summed E-state index contributed by atoms with van der Waals surface area (Å²) in [5.74, 6) is -0.785. The highest BCUT2D eigenvalue weighted by molar-refractivity contribution is 6.05. The molecule has 0 radical (unpaired) electrons. The Kier molecular flexibility index (Phi) is 6.58. The number of carbonyl (C=O) groups excluding carboxylic acids is 3. The van der Waals surface area contributed by atoms with E-state index in [0.29, 0.717) is 36.7 Å². The molecule has 0 unspecified atom stereocenters. The molecule has 0 spiro atoms. The van der Waals surface area contributed by atoms with Crippen molar-refractivity contribution >= 4 is 28.5 Å². The summed E-state index contributed by atoms with van der Waals surface area (Å²) in [5.41, 5.74) is 4.53. The van der Waals surface area contributed by atoms with Crippen molar-refractivity contribution in [2.45, 2.75) is 45.6 Å². The van der Waals surface area contributed by atoms with E-state index in [2.05, 4.69) is 21.3 Å². The standard InChI is InChI=1S/C20H25N5O4/c1-2-12-25-20(29)15-7-4-3-6-14(15)17(24-25)19(28)23-22-16(26)8-5-11-21-18(27)13-9-10-13/h3-4,6-7,13H,2,5,8-12H2,1H3,(H,21,27)(H,22,26)(H,23,28). The van der Waals surface area contributed by atoms with Crippen LogP contribution in [0.25, 0.3) is 10.8 Å². The molecule has 0 bridgehead atoms. The third-order valence-corrected chi connectivity index (χ3v) is 4.66. The molecule has 0 saturated heterocycles. The van der Waals surface area contributed by atoms with Crippen molar-refractivity contribution in [1.82, 2.24) is 25.9 Å². The highest BCUT2D eigenvalue weighted by atomic mass is 16.2. The maximum absolute atomic E-state index is 12.6. The number of aromatic nitrogens is 2. The summed E-state index contributed by atoms with van der Waals surface area (Å²) in [6.45, 7) is 2.73. The second-order valence-electron chi connectivity index (χ2n) is 7.09. The van der Waals surface area contributed by atoms with Crippen LogP contribution in [0.4, 0.5) is 0 Å². The van der Waals surface area contributed by atoms with Crippen molar-refractivity contribution in [2.24, 2.45) is 5.92 Å². The Hall–Kier alpha value is -3.23. The van der Waals surface area contributed by atoms with Crippen LogP contribution in [0, 0.1) is 5.92 Å². The number of rotatable bonds is 8. The lowest BCUT2D eigenvalue weighted by Gasteiger charge is -2.11. The quantitative estimate of drug-likeness (QED) is 0.449. The van der Waals surface area contributed by atoms with Gasteiger partial charge in [-0.3, -0.25) is 30.0 Å². The van der Waals surface area contributed by atoms with Gasteiger partial charge in [-0.25, -0.2) is 4.68 Å². The number of hydrazine groups is 1. The monoisotopic (exact) mass is 399 g/mol. The summed E-state index contributed by atoms with van der Waals surface area (Å²) in [6.07, 6.45) is 3.21. The average Bonchev–Trinajstić information content (AvgIpc) is 3.57. The molecule has 1 aromatic carbocycles. The third-order valence-electron chi connectivity index (χ3n) is 4.66. The fourth-order valence-electron chi connectivity index (χ4n) is 2.96. The molecule has 1 aromatic heterocycles. The van der Waals surface area contributed by atoms with Crippen molar-refractivity contribution in [3.05, 3.63) is 40.3 Å². The highest BCUT2D eigenvalue weighted by Crippen LogP contribution is 2.28. The minimum Gasteiger partial charge on any atom is -0.356 e. The Labute approximate surface area is 167 Å². The fraction of sp³-hybridized carbons (Fsp3) is 0.450. The van der Waals surface area contributed by atoms with E-state index in [4.69, 9.17) is 0 Å². The molecule has 2 aromatic rings. The maximum atomic E-state index is 12.6. The maximum Gasteiger partial charge on any atom is 0.290 e. The van der Waals surface area contributed by atoms with Gasteiger partial charge in [-0.2, -0.15) is 5.10 Å². The number of hydrogen-bond donors (Lipinski definition) is 3. The van der Waals surface area contributed by atoms with E-state index in [1.165, 1.54) is 4.68 Å².